The number of amides is 1. The van der Waals surface area contributed by atoms with Gasteiger partial charge in [0.05, 0.1) is 19.1 Å². The molecule has 1 aromatic heterocycles. The number of nitrogens with one attached hydrogen (secondary N) is 2. The lowest BCUT2D eigenvalue weighted by Crippen LogP contribution is -2.47. The predicted octanol–water partition coefficient (Wildman–Crippen LogP) is 2.33. The summed E-state index contributed by atoms with van der Waals surface area (Å²) in [6.45, 7) is 2.78. The van der Waals surface area contributed by atoms with E-state index < -0.39 is 24.7 Å². The first-order chi connectivity index (χ1) is 9.28. The highest BCUT2D eigenvalue weighted by Gasteiger charge is 2.30. The van der Waals surface area contributed by atoms with Gasteiger partial charge in [0.1, 0.15) is 5.01 Å². The summed E-state index contributed by atoms with van der Waals surface area (Å²) in [4.78, 5) is 15.9. The third-order valence-corrected chi connectivity index (χ3v) is 3.25. The summed E-state index contributed by atoms with van der Waals surface area (Å²) >= 11 is 1.38. The standard InChI is InChI=1S/C12H18F3N3OS/c1-8(2)5-9(18-7-12(13,14)15)11(19)17-6-10-16-3-4-20-10/h3-4,8-9,18H,5-7H2,1-2H3,(H,17,19)/t9-/m0/s1. The lowest BCUT2D eigenvalue weighted by molar-refractivity contribution is -0.132. The van der Waals surface area contributed by atoms with E-state index in [1.807, 2.05) is 13.8 Å². The number of hydrogen-bond donors (Lipinski definition) is 2. The molecule has 1 amide bonds. The van der Waals surface area contributed by atoms with E-state index in [1.165, 1.54) is 11.3 Å². The molecule has 0 radical (unpaired) electrons. The molecule has 0 aliphatic heterocycles. The Labute approximate surface area is 119 Å². The van der Waals surface area contributed by atoms with E-state index in [1.54, 1.807) is 11.6 Å². The highest BCUT2D eigenvalue weighted by atomic mass is 32.1. The van der Waals surface area contributed by atoms with Crippen LogP contribution in [0.4, 0.5) is 13.2 Å². The fourth-order valence-corrected chi connectivity index (χ4v) is 2.18. The largest absolute Gasteiger partial charge is 0.401 e. The van der Waals surface area contributed by atoms with Crippen molar-refractivity contribution in [3.63, 3.8) is 0 Å². The molecule has 0 unspecified atom stereocenters. The van der Waals surface area contributed by atoms with Crippen LogP contribution in [-0.4, -0.2) is 29.7 Å². The Morgan fingerprint density at radius 3 is 2.65 bits per heavy atom. The van der Waals surface area contributed by atoms with Crippen LogP contribution in [0, 0.1) is 5.92 Å². The number of rotatable bonds is 7. The molecule has 0 saturated heterocycles. The Morgan fingerprint density at radius 2 is 2.15 bits per heavy atom. The maximum Gasteiger partial charge on any atom is 0.401 e. The zero-order valence-electron chi connectivity index (χ0n) is 11.3. The zero-order valence-corrected chi connectivity index (χ0v) is 12.1. The maximum absolute atomic E-state index is 12.2. The fraction of sp³-hybridized carbons (Fsp3) is 0.667. The molecule has 1 atom stereocenters. The monoisotopic (exact) mass is 309 g/mol. The van der Waals surface area contributed by atoms with Crippen molar-refractivity contribution < 1.29 is 18.0 Å². The Bertz CT molecular complexity index is 407. The van der Waals surface area contributed by atoms with E-state index in [0.717, 1.165) is 5.01 Å². The lowest BCUT2D eigenvalue weighted by atomic mass is 10.0. The smallest absolute Gasteiger partial charge is 0.348 e. The van der Waals surface area contributed by atoms with Crippen molar-refractivity contribution >= 4 is 17.2 Å². The van der Waals surface area contributed by atoms with Gasteiger partial charge in [-0.15, -0.1) is 11.3 Å². The van der Waals surface area contributed by atoms with Gasteiger partial charge < -0.3 is 5.32 Å². The normalized spacial score (nSPS) is 13.5. The zero-order chi connectivity index (χ0) is 15.2. The number of hydrogen-bond acceptors (Lipinski definition) is 4. The molecule has 1 aromatic rings. The minimum absolute atomic E-state index is 0.117. The van der Waals surface area contributed by atoms with Gasteiger partial charge in [-0.3, -0.25) is 10.1 Å². The molecule has 0 saturated carbocycles. The summed E-state index contributed by atoms with van der Waals surface area (Å²) in [6.07, 6.45) is -2.37. The number of thiazole rings is 1. The highest BCUT2D eigenvalue weighted by molar-refractivity contribution is 7.09. The number of nitrogens with zero attached hydrogens (tertiary/aromatic N) is 1. The van der Waals surface area contributed by atoms with Crippen molar-refractivity contribution in [1.82, 2.24) is 15.6 Å². The van der Waals surface area contributed by atoms with Crippen molar-refractivity contribution in [3.8, 4) is 0 Å². The van der Waals surface area contributed by atoms with E-state index >= 15 is 0 Å². The summed E-state index contributed by atoms with van der Waals surface area (Å²) < 4.78 is 36.7. The minimum atomic E-state index is -4.33. The van der Waals surface area contributed by atoms with Crippen molar-refractivity contribution in [3.05, 3.63) is 16.6 Å². The Morgan fingerprint density at radius 1 is 1.45 bits per heavy atom. The van der Waals surface area contributed by atoms with Crippen LogP contribution in [0.1, 0.15) is 25.3 Å². The van der Waals surface area contributed by atoms with Crippen LogP contribution < -0.4 is 10.6 Å². The van der Waals surface area contributed by atoms with Crippen LogP contribution >= 0.6 is 11.3 Å². The Kier molecular flexibility index (Phi) is 6.41. The van der Waals surface area contributed by atoms with E-state index in [2.05, 4.69) is 15.6 Å². The number of carbonyl (C=O) groups excluding carboxylic acids is 1. The molecule has 1 rings (SSSR count). The van der Waals surface area contributed by atoms with Crippen molar-refractivity contribution in [1.29, 1.82) is 0 Å². The SMILES string of the molecule is CC(C)C[C@H](NCC(F)(F)F)C(=O)NCc1nccs1. The van der Waals surface area contributed by atoms with E-state index in [9.17, 15) is 18.0 Å². The molecule has 20 heavy (non-hydrogen) atoms. The van der Waals surface area contributed by atoms with Crippen molar-refractivity contribution in [2.24, 2.45) is 5.92 Å². The van der Waals surface area contributed by atoms with Crippen LogP contribution in [-0.2, 0) is 11.3 Å². The first-order valence-electron chi connectivity index (χ1n) is 6.24. The molecule has 114 valence electrons. The van der Waals surface area contributed by atoms with Gasteiger partial charge in [0, 0.05) is 11.6 Å². The second kappa shape index (κ2) is 7.58. The van der Waals surface area contributed by atoms with Gasteiger partial charge in [-0.05, 0) is 12.3 Å². The molecule has 0 aromatic carbocycles. The van der Waals surface area contributed by atoms with Crippen molar-refractivity contribution in [2.75, 3.05) is 6.54 Å². The Balaban J connectivity index is 2.50. The predicted molar refractivity (Wildman–Crippen MR) is 71.3 cm³/mol. The molecule has 0 bridgehead atoms. The molecular formula is C12H18F3N3OS. The molecule has 8 heteroatoms. The summed E-state index contributed by atoms with van der Waals surface area (Å²) in [5.74, 6) is -0.315. The van der Waals surface area contributed by atoms with Gasteiger partial charge in [-0.25, -0.2) is 4.98 Å². The minimum Gasteiger partial charge on any atom is -0.348 e. The molecule has 4 nitrogen and oxygen atoms in total. The van der Waals surface area contributed by atoms with Crippen LogP contribution in [0.25, 0.3) is 0 Å². The lowest BCUT2D eigenvalue weighted by Gasteiger charge is -2.20. The van der Waals surface area contributed by atoms with E-state index in [-0.39, 0.29) is 12.5 Å². The maximum atomic E-state index is 12.2. The molecule has 0 spiro atoms. The summed E-state index contributed by atoms with van der Waals surface area (Å²) in [7, 11) is 0. The quantitative estimate of drug-likeness (QED) is 0.813. The second-order valence-electron chi connectivity index (χ2n) is 4.82. The first kappa shape index (κ1) is 16.9. The third kappa shape index (κ3) is 6.85. The molecule has 0 aliphatic carbocycles. The molecular weight excluding hydrogens is 291 g/mol. The fourth-order valence-electron chi connectivity index (χ4n) is 1.62. The number of carbonyl (C=O) groups is 1. The Hall–Kier alpha value is -1.15. The van der Waals surface area contributed by atoms with Gasteiger partial charge in [0.2, 0.25) is 5.91 Å². The van der Waals surface area contributed by atoms with Crippen LogP contribution in [0.15, 0.2) is 11.6 Å². The number of halogens is 3. The molecule has 2 N–H and O–H groups in total. The average molecular weight is 309 g/mol. The topological polar surface area (TPSA) is 54.0 Å². The number of alkyl halides is 3. The summed E-state index contributed by atoms with van der Waals surface area (Å²) in [5.41, 5.74) is 0. The second-order valence-corrected chi connectivity index (χ2v) is 5.80. The van der Waals surface area contributed by atoms with Gasteiger partial charge in [-0.2, -0.15) is 13.2 Å². The highest BCUT2D eigenvalue weighted by Crippen LogP contribution is 2.14. The third-order valence-electron chi connectivity index (χ3n) is 2.47. The van der Waals surface area contributed by atoms with Gasteiger partial charge in [0.15, 0.2) is 0 Å². The van der Waals surface area contributed by atoms with Gasteiger partial charge >= 0.3 is 6.18 Å². The average Bonchev–Trinajstić information content (AvgIpc) is 2.83. The molecule has 1 heterocycles. The molecule has 0 aliphatic rings. The van der Waals surface area contributed by atoms with Gasteiger partial charge in [0.25, 0.3) is 0 Å². The van der Waals surface area contributed by atoms with Crippen LogP contribution in [0.2, 0.25) is 0 Å². The van der Waals surface area contributed by atoms with Crippen LogP contribution in [0.5, 0.6) is 0 Å². The van der Waals surface area contributed by atoms with Gasteiger partial charge in [-0.1, -0.05) is 13.8 Å². The van der Waals surface area contributed by atoms with Crippen molar-refractivity contribution in [2.45, 2.75) is 39.0 Å². The van der Waals surface area contributed by atoms with E-state index in [0.29, 0.717) is 6.42 Å². The first-order valence-corrected chi connectivity index (χ1v) is 7.12. The summed E-state index contributed by atoms with van der Waals surface area (Å²) in [5, 5.41) is 7.37. The molecule has 0 fully saturated rings. The number of aromatic nitrogens is 1. The summed E-state index contributed by atoms with van der Waals surface area (Å²) in [6, 6.07) is -0.850. The van der Waals surface area contributed by atoms with E-state index in [4.69, 9.17) is 0 Å². The van der Waals surface area contributed by atoms with Crippen LogP contribution in [0.3, 0.4) is 0 Å².